The van der Waals surface area contributed by atoms with E-state index < -0.39 is 0 Å². The molecule has 1 atom stereocenters. The van der Waals surface area contributed by atoms with Gasteiger partial charge >= 0.3 is 0 Å². The second kappa shape index (κ2) is 10.1. The fourth-order valence-corrected chi connectivity index (χ4v) is 5.38. The number of aryl methyl sites for hydroxylation is 2. The van der Waals surface area contributed by atoms with Gasteiger partial charge in [-0.1, -0.05) is 31.5 Å². The first-order chi connectivity index (χ1) is 16.6. The average Bonchev–Trinajstić information content (AvgIpc) is 2.89. The standard InChI is InChI=1S/C27H36N6O/c1-2-20-10-12-24-22(19-20)27(34)33(28)26(30-24)9-5-6-14-31-15-17-32(18-16-31)25-13-11-21-7-3-4-8-23(21)29-25/h3-4,7-8,11,13,20H,2,5-6,9-10,12,14-19,28H2,1H3. The summed E-state index contributed by atoms with van der Waals surface area (Å²) in [6, 6.07) is 12.6. The van der Waals surface area contributed by atoms with Crippen LogP contribution in [0.4, 0.5) is 5.82 Å². The number of hydrogen-bond acceptors (Lipinski definition) is 6. The molecule has 0 radical (unpaired) electrons. The van der Waals surface area contributed by atoms with Crippen molar-refractivity contribution in [2.75, 3.05) is 43.5 Å². The summed E-state index contributed by atoms with van der Waals surface area (Å²) >= 11 is 0. The van der Waals surface area contributed by atoms with Gasteiger partial charge in [0.05, 0.1) is 11.2 Å². The third kappa shape index (κ3) is 4.80. The number of para-hydroxylation sites is 1. The van der Waals surface area contributed by atoms with Crippen molar-refractivity contribution < 1.29 is 0 Å². The van der Waals surface area contributed by atoms with Crippen molar-refractivity contribution in [3.8, 4) is 0 Å². The maximum Gasteiger partial charge on any atom is 0.275 e. The van der Waals surface area contributed by atoms with Gasteiger partial charge < -0.3 is 10.7 Å². The van der Waals surface area contributed by atoms with Gasteiger partial charge in [-0.25, -0.2) is 14.6 Å². The number of nitrogens with zero attached hydrogens (tertiary/aromatic N) is 5. The normalized spacial score (nSPS) is 18.9. The van der Waals surface area contributed by atoms with Crippen LogP contribution < -0.4 is 16.3 Å². The molecule has 180 valence electrons. The van der Waals surface area contributed by atoms with Crippen molar-refractivity contribution in [1.29, 1.82) is 0 Å². The van der Waals surface area contributed by atoms with Gasteiger partial charge in [-0.3, -0.25) is 9.69 Å². The van der Waals surface area contributed by atoms with Crippen LogP contribution in [0.25, 0.3) is 10.9 Å². The van der Waals surface area contributed by atoms with Crippen LogP contribution in [0.5, 0.6) is 0 Å². The summed E-state index contributed by atoms with van der Waals surface area (Å²) in [4.78, 5) is 27.3. The number of nitrogen functional groups attached to an aromatic ring is 1. The molecule has 5 rings (SSSR count). The van der Waals surface area contributed by atoms with Crippen LogP contribution in [0, 0.1) is 5.92 Å². The molecule has 1 saturated heterocycles. The van der Waals surface area contributed by atoms with Crippen LogP contribution in [-0.4, -0.2) is 52.3 Å². The molecule has 3 heterocycles. The topological polar surface area (TPSA) is 80.3 Å². The third-order valence-electron chi connectivity index (χ3n) is 7.63. The molecule has 1 aliphatic heterocycles. The molecular formula is C27H36N6O. The smallest absolute Gasteiger partial charge is 0.275 e. The van der Waals surface area contributed by atoms with Gasteiger partial charge in [-0.15, -0.1) is 0 Å². The first kappa shape index (κ1) is 22.8. The zero-order valence-corrected chi connectivity index (χ0v) is 20.2. The van der Waals surface area contributed by atoms with Crippen molar-refractivity contribution in [2.45, 2.75) is 51.9 Å². The fraction of sp³-hybridized carbons (Fsp3) is 0.519. The van der Waals surface area contributed by atoms with Crippen LogP contribution in [0.3, 0.4) is 0 Å². The summed E-state index contributed by atoms with van der Waals surface area (Å²) in [7, 11) is 0. The van der Waals surface area contributed by atoms with E-state index in [-0.39, 0.29) is 5.56 Å². The Balaban J connectivity index is 1.10. The van der Waals surface area contributed by atoms with Crippen molar-refractivity contribution in [2.24, 2.45) is 5.92 Å². The second-order valence-corrected chi connectivity index (χ2v) is 9.79. The number of pyridine rings is 1. The fourth-order valence-electron chi connectivity index (χ4n) is 5.38. The highest BCUT2D eigenvalue weighted by Gasteiger charge is 2.23. The maximum atomic E-state index is 12.8. The zero-order chi connectivity index (χ0) is 23.5. The molecule has 34 heavy (non-hydrogen) atoms. The maximum absolute atomic E-state index is 12.8. The largest absolute Gasteiger partial charge is 0.354 e. The van der Waals surface area contributed by atoms with Gasteiger partial charge in [-0.2, -0.15) is 0 Å². The molecule has 3 aromatic rings. The number of nitrogens with two attached hydrogens (primary N) is 1. The number of fused-ring (bicyclic) bond motifs is 2. The van der Waals surface area contributed by atoms with Crippen molar-refractivity contribution in [3.63, 3.8) is 0 Å². The van der Waals surface area contributed by atoms with Crippen molar-refractivity contribution in [1.82, 2.24) is 19.5 Å². The predicted molar refractivity (Wildman–Crippen MR) is 138 cm³/mol. The lowest BCUT2D eigenvalue weighted by atomic mass is 9.85. The highest BCUT2D eigenvalue weighted by Crippen LogP contribution is 2.24. The van der Waals surface area contributed by atoms with Gasteiger partial charge in [-0.05, 0) is 62.8 Å². The summed E-state index contributed by atoms with van der Waals surface area (Å²) in [5.41, 5.74) is 2.87. The Morgan fingerprint density at radius 2 is 1.85 bits per heavy atom. The number of anilines is 1. The summed E-state index contributed by atoms with van der Waals surface area (Å²) in [5.74, 6) is 8.55. The highest BCUT2D eigenvalue weighted by molar-refractivity contribution is 5.80. The Kier molecular flexibility index (Phi) is 6.81. The molecule has 0 bridgehead atoms. The molecule has 2 N–H and O–H groups in total. The summed E-state index contributed by atoms with van der Waals surface area (Å²) in [6.45, 7) is 7.35. The number of aromatic nitrogens is 3. The Bertz CT molecular complexity index is 1200. The average molecular weight is 461 g/mol. The van der Waals surface area contributed by atoms with Gasteiger partial charge in [0.25, 0.3) is 5.56 Å². The monoisotopic (exact) mass is 460 g/mol. The SMILES string of the molecule is CCC1CCc2nc(CCCCN3CCN(c4ccc5ccccc5n4)CC3)n(N)c(=O)c2C1. The van der Waals surface area contributed by atoms with Crippen molar-refractivity contribution >= 4 is 16.7 Å². The van der Waals surface area contributed by atoms with E-state index >= 15 is 0 Å². The molecule has 1 aromatic carbocycles. The summed E-state index contributed by atoms with van der Waals surface area (Å²) < 4.78 is 1.31. The number of hydrogen-bond donors (Lipinski definition) is 1. The molecule has 2 aliphatic rings. The molecule has 0 saturated carbocycles. The van der Waals surface area contributed by atoms with Gasteiger partial charge in [0, 0.05) is 43.5 Å². The van der Waals surface area contributed by atoms with E-state index in [2.05, 4.69) is 47.1 Å². The van der Waals surface area contributed by atoms with E-state index in [4.69, 9.17) is 15.8 Å². The Labute approximate surface area is 201 Å². The third-order valence-corrected chi connectivity index (χ3v) is 7.63. The molecular weight excluding hydrogens is 424 g/mol. The predicted octanol–water partition coefficient (Wildman–Crippen LogP) is 3.17. The van der Waals surface area contributed by atoms with E-state index in [1.165, 1.54) is 10.1 Å². The number of unbranched alkanes of at least 4 members (excludes halogenated alkanes) is 1. The lowest BCUT2D eigenvalue weighted by molar-refractivity contribution is 0.252. The van der Waals surface area contributed by atoms with E-state index in [1.807, 2.05) is 6.07 Å². The molecule has 1 unspecified atom stereocenters. The zero-order valence-electron chi connectivity index (χ0n) is 20.2. The van der Waals surface area contributed by atoms with E-state index in [0.29, 0.717) is 5.92 Å². The first-order valence-corrected chi connectivity index (χ1v) is 12.8. The number of piperazine rings is 1. The Hall–Kier alpha value is -2.93. The molecule has 2 aromatic heterocycles. The summed E-state index contributed by atoms with van der Waals surface area (Å²) in [6.07, 6.45) is 6.81. The molecule has 1 aliphatic carbocycles. The van der Waals surface area contributed by atoms with Crippen LogP contribution in [-0.2, 0) is 19.3 Å². The van der Waals surface area contributed by atoms with Gasteiger partial charge in [0.1, 0.15) is 11.6 Å². The molecule has 0 amide bonds. The van der Waals surface area contributed by atoms with Gasteiger partial charge in [0.2, 0.25) is 0 Å². The Morgan fingerprint density at radius 1 is 1.03 bits per heavy atom. The highest BCUT2D eigenvalue weighted by atomic mass is 16.1. The van der Waals surface area contributed by atoms with Crippen LogP contribution in [0.2, 0.25) is 0 Å². The van der Waals surface area contributed by atoms with Crippen LogP contribution in [0.15, 0.2) is 41.2 Å². The lowest BCUT2D eigenvalue weighted by Gasteiger charge is -2.35. The summed E-state index contributed by atoms with van der Waals surface area (Å²) in [5, 5.41) is 1.19. The minimum absolute atomic E-state index is 0.0310. The molecule has 7 nitrogen and oxygen atoms in total. The molecule has 0 spiro atoms. The number of benzene rings is 1. The minimum Gasteiger partial charge on any atom is -0.354 e. The molecule has 1 fully saturated rings. The van der Waals surface area contributed by atoms with Crippen LogP contribution in [0.1, 0.15) is 49.7 Å². The minimum atomic E-state index is -0.0310. The van der Waals surface area contributed by atoms with Crippen LogP contribution >= 0.6 is 0 Å². The van der Waals surface area contributed by atoms with E-state index in [9.17, 15) is 4.79 Å². The van der Waals surface area contributed by atoms with Crippen molar-refractivity contribution in [3.05, 3.63) is 63.8 Å². The second-order valence-electron chi connectivity index (χ2n) is 9.79. The van der Waals surface area contributed by atoms with E-state index in [1.54, 1.807) is 0 Å². The van der Waals surface area contributed by atoms with Gasteiger partial charge in [0.15, 0.2) is 0 Å². The molecule has 7 heteroatoms. The first-order valence-electron chi connectivity index (χ1n) is 12.8. The Morgan fingerprint density at radius 3 is 2.68 bits per heavy atom. The lowest BCUT2D eigenvalue weighted by Crippen LogP contribution is -2.46. The number of rotatable bonds is 7. The quantitative estimate of drug-likeness (QED) is 0.431. The van der Waals surface area contributed by atoms with E-state index in [0.717, 1.165) is 106 Å².